The molecule has 1 atom stereocenters. The standard InChI is InChI=1S/C20H17BrN2O3/c1-12-11-16(15-5-3-4-6-17(15)22-12)19(24)23-18(20(25)26-2)13-7-9-14(21)10-8-13/h3-11,18H,1-2H3,(H,23,24). The third-order valence-electron chi connectivity index (χ3n) is 4.00. The Bertz CT molecular complexity index is 970. The average molecular weight is 413 g/mol. The smallest absolute Gasteiger partial charge is 0.333 e. The fourth-order valence-electron chi connectivity index (χ4n) is 2.76. The molecule has 6 heteroatoms. The fraction of sp³-hybridized carbons (Fsp3) is 0.150. The average Bonchev–Trinajstić information content (AvgIpc) is 2.65. The Kier molecular flexibility index (Phi) is 5.32. The number of halogens is 1. The summed E-state index contributed by atoms with van der Waals surface area (Å²) in [5.74, 6) is -0.888. The fourth-order valence-corrected chi connectivity index (χ4v) is 3.02. The molecule has 1 aromatic heterocycles. The molecule has 0 fully saturated rings. The Morgan fingerprint density at radius 1 is 1.12 bits per heavy atom. The van der Waals surface area contributed by atoms with Gasteiger partial charge in [0.1, 0.15) is 0 Å². The van der Waals surface area contributed by atoms with Crippen LogP contribution in [-0.2, 0) is 9.53 Å². The van der Waals surface area contributed by atoms with E-state index in [1.54, 1.807) is 18.2 Å². The van der Waals surface area contributed by atoms with Crippen molar-refractivity contribution in [3.63, 3.8) is 0 Å². The number of fused-ring (bicyclic) bond motifs is 1. The number of nitrogens with zero attached hydrogens (tertiary/aromatic N) is 1. The zero-order valence-electron chi connectivity index (χ0n) is 14.3. The molecule has 0 saturated heterocycles. The number of hydrogen-bond donors (Lipinski definition) is 1. The number of methoxy groups -OCH3 is 1. The highest BCUT2D eigenvalue weighted by atomic mass is 79.9. The Labute approximate surface area is 159 Å². The van der Waals surface area contributed by atoms with Gasteiger partial charge in [0.15, 0.2) is 6.04 Å². The summed E-state index contributed by atoms with van der Waals surface area (Å²) in [6.45, 7) is 1.83. The first-order chi connectivity index (χ1) is 12.5. The summed E-state index contributed by atoms with van der Waals surface area (Å²) in [5.41, 5.74) is 2.57. The molecule has 0 aliphatic heterocycles. The molecular weight excluding hydrogens is 396 g/mol. The van der Waals surface area contributed by atoms with E-state index >= 15 is 0 Å². The van der Waals surface area contributed by atoms with Gasteiger partial charge in [-0.15, -0.1) is 0 Å². The number of para-hydroxylation sites is 1. The van der Waals surface area contributed by atoms with Gasteiger partial charge in [-0.05, 0) is 36.8 Å². The highest BCUT2D eigenvalue weighted by Gasteiger charge is 2.25. The van der Waals surface area contributed by atoms with Gasteiger partial charge in [-0.3, -0.25) is 9.78 Å². The molecule has 0 spiro atoms. The minimum absolute atomic E-state index is 0.356. The van der Waals surface area contributed by atoms with Gasteiger partial charge in [0.2, 0.25) is 0 Å². The van der Waals surface area contributed by atoms with E-state index in [2.05, 4.69) is 26.2 Å². The number of hydrogen-bond acceptors (Lipinski definition) is 4. The molecule has 132 valence electrons. The van der Waals surface area contributed by atoms with Crippen molar-refractivity contribution in [2.75, 3.05) is 7.11 Å². The Morgan fingerprint density at radius 2 is 1.81 bits per heavy atom. The molecule has 1 N–H and O–H groups in total. The molecule has 3 aromatic rings. The van der Waals surface area contributed by atoms with Crippen molar-refractivity contribution in [1.82, 2.24) is 10.3 Å². The van der Waals surface area contributed by atoms with Crippen LogP contribution in [0, 0.1) is 6.92 Å². The van der Waals surface area contributed by atoms with E-state index in [0.29, 0.717) is 11.1 Å². The number of nitrogens with one attached hydrogen (secondary N) is 1. The molecule has 3 rings (SSSR count). The van der Waals surface area contributed by atoms with Crippen LogP contribution >= 0.6 is 15.9 Å². The highest BCUT2D eigenvalue weighted by molar-refractivity contribution is 9.10. The van der Waals surface area contributed by atoms with Gasteiger partial charge in [0.05, 0.1) is 18.2 Å². The lowest BCUT2D eigenvalue weighted by Crippen LogP contribution is -2.34. The van der Waals surface area contributed by atoms with Crippen molar-refractivity contribution >= 4 is 38.7 Å². The summed E-state index contributed by atoms with van der Waals surface area (Å²) in [7, 11) is 1.30. The molecule has 1 unspecified atom stereocenters. The topological polar surface area (TPSA) is 68.3 Å². The van der Waals surface area contributed by atoms with Gasteiger partial charge < -0.3 is 10.1 Å². The van der Waals surface area contributed by atoms with Crippen LogP contribution < -0.4 is 5.32 Å². The number of aromatic nitrogens is 1. The SMILES string of the molecule is COC(=O)C(NC(=O)c1cc(C)nc2ccccc12)c1ccc(Br)cc1. The second-order valence-corrected chi connectivity index (χ2v) is 6.73. The summed E-state index contributed by atoms with van der Waals surface area (Å²) in [5, 5.41) is 3.51. The maximum Gasteiger partial charge on any atom is 0.333 e. The monoisotopic (exact) mass is 412 g/mol. The van der Waals surface area contributed by atoms with Crippen molar-refractivity contribution < 1.29 is 14.3 Å². The molecule has 0 aliphatic rings. The Hall–Kier alpha value is -2.73. The van der Waals surface area contributed by atoms with Gasteiger partial charge in [-0.1, -0.05) is 46.3 Å². The largest absolute Gasteiger partial charge is 0.467 e. The number of esters is 1. The van der Waals surface area contributed by atoms with Crippen molar-refractivity contribution in [2.24, 2.45) is 0 Å². The van der Waals surface area contributed by atoms with Crippen LogP contribution in [0.2, 0.25) is 0 Å². The second-order valence-electron chi connectivity index (χ2n) is 5.81. The maximum atomic E-state index is 12.9. The van der Waals surface area contributed by atoms with Crippen LogP contribution in [0.5, 0.6) is 0 Å². The van der Waals surface area contributed by atoms with Crippen molar-refractivity contribution in [1.29, 1.82) is 0 Å². The lowest BCUT2D eigenvalue weighted by molar-refractivity contribution is -0.143. The van der Waals surface area contributed by atoms with E-state index in [1.165, 1.54) is 7.11 Å². The Balaban J connectivity index is 1.98. The zero-order valence-corrected chi connectivity index (χ0v) is 15.9. The minimum atomic E-state index is -0.896. The van der Waals surface area contributed by atoms with Crippen LogP contribution in [0.4, 0.5) is 0 Å². The summed E-state index contributed by atoms with van der Waals surface area (Å²) < 4.78 is 5.75. The molecule has 26 heavy (non-hydrogen) atoms. The van der Waals surface area contributed by atoms with Crippen LogP contribution in [0.1, 0.15) is 27.7 Å². The quantitative estimate of drug-likeness (QED) is 0.658. The number of amides is 1. The maximum absolute atomic E-state index is 12.9. The molecule has 1 heterocycles. The van der Waals surface area contributed by atoms with Gasteiger partial charge in [0, 0.05) is 15.6 Å². The predicted molar refractivity (Wildman–Crippen MR) is 103 cm³/mol. The number of aryl methyl sites for hydroxylation is 1. The summed E-state index contributed by atoms with van der Waals surface area (Å²) in [4.78, 5) is 29.6. The summed E-state index contributed by atoms with van der Waals surface area (Å²) >= 11 is 3.36. The molecule has 0 radical (unpaired) electrons. The lowest BCUT2D eigenvalue weighted by atomic mass is 10.0. The van der Waals surface area contributed by atoms with Crippen molar-refractivity contribution in [3.05, 3.63) is 75.9 Å². The van der Waals surface area contributed by atoms with Crippen LogP contribution in [0.15, 0.2) is 59.1 Å². The number of benzene rings is 2. The van der Waals surface area contributed by atoms with Crippen LogP contribution in [0.3, 0.4) is 0 Å². The van der Waals surface area contributed by atoms with E-state index in [-0.39, 0.29) is 5.91 Å². The van der Waals surface area contributed by atoms with E-state index in [0.717, 1.165) is 21.1 Å². The third-order valence-corrected chi connectivity index (χ3v) is 4.53. The summed E-state index contributed by atoms with van der Waals surface area (Å²) in [6, 6.07) is 15.4. The van der Waals surface area contributed by atoms with Gasteiger partial charge >= 0.3 is 5.97 Å². The van der Waals surface area contributed by atoms with E-state index in [4.69, 9.17) is 4.74 Å². The first kappa shape index (κ1) is 18.1. The zero-order chi connectivity index (χ0) is 18.7. The van der Waals surface area contributed by atoms with Gasteiger partial charge in [0.25, 0.3) is 5.91 Å². The molecule has 2 aromatic carbocycles. The first-order valence-corrected chi connectivity index (χ1v) is 8.79. The number of carbonyl (C=O) groups is 2. The number of ether oxygens (including phenoxy) is 1. The summed E-state index contributed by atoms with van der Waals surface area (Å²) in [6.07, 6.45) is 0. The van der Waals surface area contributed by atoms with E-state index in [9.17, 15) is 9.59 Å². The molecule has 0 aliphatic carbocycles. The predicted octanol–water partition coefficient (Wildman–Crippen LogP) is 3.95. The first-order valence-electron chi connectivity index (χ1n) is 8.00. The highest BCUT2D eigenvalue weighted by Crippen LogP contribution is 2.22. The number of rotatable bonds is 4. The molecule has 1 amide bonds. The van der Waals surface area contributed by atoms with E-state index in [1.807, 2.05) is 43.3 Å². The Morgan fingerprint density at radius 3 is 2.50 bits per heavy atom. The van der Waals surface area contributed by atoms with E-state index < -0.39 is 12.0 Å². The molecule has 0 saturated carbocycles. The molecular formula is C20H17BrN2O3. The molecule has 5 nitrogen and oxygen atoms in total. The normalized spacial score (nSPS) is 11.8. The van der Waals surface area contributed by atoms with Crippen LogP contribution in [0.25, 0.3) is 10.9 Å². The second kappa shape index (κ2) is 7.66. The van der Waals surface area contributed by atoms with Crippen molar-refractivity contribution in [3.8, 4) is 0 Å². The minimum Gasteiger partial charge on any atom is -0.467 e. The van der Waals surface area contributed by atoms with Gasteiger partial charge in [-0.2, -0.15) is 0 Å². The third kappa shape index (κ3) is 3.75. The van der Waals surface area contributed by atoms with Gasteiger partial charge in [-0.25, -0.2) is 4.79 Å². The lowest BCUT2D eigenvalue weighted by Gasteiger charge is -2.18. The molecule has 0 bridgehead atoms. The van der Waals surface area contributed by atoms with Crippen molar-refractivity contribution in [2.45, 2.75) is 13.0 Å². The number of carbonyl (C=O) groups excluding carboxylic acids is 2. The van der Waals surface area contributed by atoms with Crippen LogP contribution in [-0.4, -0.2) is 24.0 Å². The number of pyridine rings is 1.